The maximum atomic E-state index is 4.20. The number of nitrogens with zero attached hydrogens (tertiary/aromatic N) is 3. The lowest BCUT2D eigenvalue weighted by Gasteiger charge is -2.20. The van der Waals surface area contributed by atoms with E-state index in [-0.39, 0.29) is 0 Å². The highest BCUT2D eigenvalue weighted by Gasteiger charge is 2.11. The first-order chi connectivity index (χ1) is 9.43. The van der Waals surface area contributed by atoms with E-state index in [1.54, 1.807) is 17.3 Å². The highest BCUT2D eigenvalue weighted by Crippen LogP contribution is 2.22. The fourth-order valence-electron chi connectivity index (χ4n) is 2.45. The summed E-state index contributed by atoms with van der Waals surface area (Å²) in [5, 5.41) is 7.75. The van der Waals surface area contributed by atoms with Crippen LogP contribution in [0.15, 0.2) is 49.1 Å². The van der Waals surface area contributed by atoms with Crippen molar-refractivity contribution in [1.82, 2.24) is 14.8 Å². The topological polar surface area (TPSA) is 42.7 Å². The Balaban J connectivity index is 1.72. The molecule has 0 saturated heterocycles. The minimum atomic E-state index is 0.730. The van der Waals surface area contributed by atoms with Crippen molar-refractivity contribution < 1.29 is 0 Å². The van der Waals surface area contributed by atoms with Gasteiger partial charge in [-0.15, -0.1) is 0 Å². The molecule has 1 N–H and O–H groups in total. The Morgan fingerprint density at radius 1 is 1.26 bits per heavy atom. The van der Waals surface area contributed by atoms with Gasteiger partial charge in [-0.1, -0.05) is 24.3 Å². The number of allylic oxidation sites excluding steroid dienone is 2. The minimum absolute atomic E-state index is 0.730. The highest BCUT2D eigenvalue weighted by atomic mass is 15.3. The van der Waals surface area contributed by atoms with Gasteiger partial charge in [0, 0.05) is 6.54 Å². The lowest BCUT2D eigenvalue weighted by atomic mass is 9.94. The van der Waals surface area contributed by atoms with Crippen LogP contribution < -0.4 is 5.32 Å². The van der Waals surface area contributed by atoms with Crippen molar-refractivity contribution in [3.63, 3.8) is 0 Å². The molecule has 4 heteroatoms. The summed E-state index contributed by atoms with van der Waals surface area (Å²) in [7, 11) is 0. The summed E-state index contributed by atoms with van der Waals surface area (Å²) in [5.74, 6) is 0.730. The molecule has 2 aromatic rings. The quantitative estimate of drug-likeness (QED) is 0.853. The molecule has 19 heavy (non-hydrogen) atoms. The first-order valence-electron chi connectivity index (χ1n) is 6.76. The van der Waals surface area contributed by atoms with Gasteiger partial charge in [0.15, 0.2) is 0 Å². The van der Waals surface area contributed by atoms with Crippen molar-refractivity contribution in [3.05, 3.63) is 49.1 Å². The molecule has 0 radical (unpaired) electrons. The van der Waals surface area contributed by atoms with Gasteiger partial charge in [-0.3, -0.25) is 0 Å². The lowest BCUT2D eigenvalue weighted by molar-refractivity contribution is 0.504. The second-order valence-corrected chi connectivity index (χ2v) is 4.89. The zero-order valence-corrected chi connectivity index (χ0v) is 10.9. The van der Waals surface area contributed by atoms with Crippen LogP contribution in [0.25, 0.3) is 5.69 Å². The summed E-state index contributed by atoms with van der Waals surface area (Å²) in [6.07, 6.45) is 11.5. The number of benzene rings is 1. The number of rotatable bonds is 4. The fourth-order valence-corrected chi connectivity index (χ4v) is 2.45. The average molecular weight is 254 g/mol. The second kappa shape index (κ2) is 5.69. The SMILES string of the molecule is C1=CCC(CNc2ccccc2-n2cncn2)CC1. The molecule has 1 atom stereocenters. The standard InChI is InChI=1S/C15H18N4/c1-2-6-13(7-3-1)10-17-14-8-4-5-9-15(14)19-12-16-11-18-19/h1-2,4-5,8-9,11-13,17H,3,6-7,10H2. The Morgan fingerprint density at radius 3 is 3.00 bits per heavy atom. The van der Waals surface area contributed by atoms with Crippen LogP contribution in [0.5, 0.6) is 0 Å². The molecule has 0 saturated carbocycles. The third kappa shape index (κ3) is 2.84. The van der Waals surface area contributed by atoms with E-state index in [0.717, 1.165) is 23.8 Å². The Labute approximate surface area is 113 Å². The molecule has 0 fully saturated rings. The first-order valence-corrected chi connectivity index (χ1v) is 6.76. The van der Waals surface area contributed by atoms with Crippen LogP contribution in [-0.2, 0) is 0 Å². The molecule has 0 bridgehead atoms. The Hall–Kier alpha value is -2.10. The molecule has 1 heterocycles. The highest BCUT2D eigenvalue weighted by molar-refractivity contribution is 5.60. The molecular weight excluding hydrogens is 236 g/mol. The van der Waals surface area contributed by atoms with E-state index in [1.807, 2.05) is 12.1 Å². The van der Waals surface area contributed by atoms with Gasteiger partial charge in [0.25, 0.3) is 0 Å². The van der Waals surface area contributed by atoms with Crippen molar-refractivity contribution >= 4 is 5.69 Å². The van der Waals surface area contributed by atoms with Crippen LogP contribution in [0.3, 0.4) is 0 Å². The Bertz CT molecular complexity index is 545. The molecular formula is C15H18N4. The van der Waals surface area contributed by atoms with Crippen LogP contribution in [0.1, 0.15) is 19.3 Å². The smallest absolute Gasteiger partial charge is 0.138 e. The summed E-state index contributed by atoms with van der Waals surface area (Å²) in [4.78, 5) is 4.00. The largest absolute Gasteiger partial charge is 0.383 e. The molecule has 1 aliphatic rings. The molecule has 98 valence electrons. The predicted molar refractivity (Wildman–Crippen MR) is 76.3 cm³/mol. The van der Waals surface area contributed by atoms with Crippen molar-refractivity contribution in [2.24, 2.45) is 5.92 Å². The van der Waals surface area contributed by atoms with Gasteiger partial charge in [-0.05, 0) is 37.3 Å². The van der Waals surface area contributed by atoms with Crippen LogP contribution in [0.2, 0.25) is 0 Å². The molecule has 0 amide bonds. The van der Waals surface area contributed by atoms with Crippen molar-refractivity contribution in [1.29, 1.82) is 0 Å². The molecule has 1 unspecified atom stereocenters. The van der Waals surface area contributed by atoms with E-state index in [9.17, 15) is 0 Å². The van der Waals surface area contributed by atoms with Crippen molar-refractivity contribution in [2.75, 3.05) is 11.9 Å². The summed E-state index contributed by atoms with van der Waals surface area (Å²) in [6.45, 7) is 1.01. The second-order valence-electron chi connectivity index (χ2n) is 4.89. The third-order valence-corrected chi connectivity index (χ3v) is 3.53. The monoisotopic (exact) mass is 254 g/mol. The molecule has 4 nitrogen and oxygen atoms in total. The summed E-state index contributed by atoms with van der Waals surface area (Å²) in [5.41, 5.74) is 2.16. The normalized spacial score (nSPS) is 18.4. The Kier molecular flexibility index (Phi) is 3.58. The molecule has 3 rings (SSSR count). The summed E-state index contributed by atoms with van der Waals surface area (Å²) >= 11 is 0. The lowest BCUT2D eigenvalue weighted by Crippen LogP contribution is -2.16. The van der Waals surface area contributed by atoms with E-state index in [1.165, 1.54) is 19.3 Å². The zero-order chi connectivity index (χ0) is 12.9. The van der Waals surface area contributed by atoms with E-state index in [4.69, 9.17) is 0 Å². The zero-order valence-electron chi connectivity index (χ0n) is 10.9. The van der Waals surface area contributed by atoms with Gasteiger partial charge in [0.1, 0.15) is 12.7 Å². The molecule has 1 aromatic heterocycles. The van der Waals surface area contributed by atoms with E-state index >= 15 is 0 Å². The van der Waals surface area contributed by atoms with Gasteiger partial charge < -0.3 is 5.32 Å². The van der Waals surface area contributed by atoms with E-state index in [2.05, 4.69) is 39.7 Å². The fraction of sp³-hybridized carbons (Fsp3) is 0.333. The predicted octanol–water partition coefficient (Wildman–Crippen LogP) is 3.04. The van der Waals surface area contributed by atoms with Crippen LogP contribution in [-0.4, -0.2) is 21.3 Å². The van der Waals surface area contributed by atoms with Crippen LogP contribution in [0, 0.1) is 5.92 Å². The molecule has 1 aromatic carbocycles. The number of hydrogen-bond acceptors (Lipinski definition) is 3. The van der Waals surface area contributed by atoms with Crippen molar-refractivity contribution in [2.45, 2.75) is 19.3 Å². The minimum Gasteiger partial charge on any atom is -0.383 e. The molecule has 0 aliphatic heterocycles. The maximum Gasteiger partial charge on any atom is 0.138 e. The van der Waals surface area contributed by atoms with Gasteiger partial charge >= 0.3 is 0 Å². The molecule has 1 aliphatic carbocycles. The van der Waals surface area contributed by atoms with Gasteiger partial charge in [-0.25, -0.2) is 9.67 Å². The van der Waals surface area contributed by atoms with Gasteiger partial charge in [0.2, 0.25) is 0 Å². The first kappa shape index (κ1) is 12.0. The number of hydrogen-bond donors (Lipinski definition) is 1. The van der Waals surface area contributed by atoms with Crippen molar-refractivity contribution in [3.8, 4) is 5.69 Å². The van der Waals surface area contributed by atoms with Gasteiger partial charge in [-0.2, -0.15) is 5.10 Å². The molecule has 0 spiro atoms. The number of anilines is 1. The maximum absolute atomic E-state index is 4.20. The van der Waals surface area contributed by atoms with E-state index in [0.29, 0.717) is 0 Å². The number of nitrogens with one attached hydrogen (secondary N) is 1. The number of aromatic nitrogens is 3. The van der Waals surface area contributed by atoms with Crippen LogP contribution >= 0.6 is 0 Å². The summed E-state index contributed by atoms with van der Waals surface area (Å²) in [6, 6.07) is 8.21. The third-order valence-electron chi connectivity index (χ3n) is 3.53. The average Bonchev–Trinajstić information content (AvgIpc) is 3.01. The summed E-state index contributed by atoms with van der Waals surface area (Å²) < 4.78 is 1.79. The van der Waals surface area contributed by atoms with Gasteiger partial charge in [0.05, 0.1) is 11.4 Å². The Morgan fingerprint density at radius 2 is 2.21 bits per heavy atom. The van der Waals surface area contributed by atoms with Crippen LogP contribution in [0.4, 0.5) is 5.69 Å². The number of para-hydroxylation sites is 2. The van der Waals surface area contributed by atoms with E-state index < -0.39 is 0 Å².